The number of rotatable bonds is 6. The van der Waals surface area contributed by atoms with Gasteiger partial charge in [0.15, 0.2) is 0 Å². The first kappa shape index (κ1) is 9.66. The lowest BCUT2D eigenvalue weighted by Gasteiger charge is -2.06. The van der Waals surface area contributed by atoms with Crippen molar-refractivity contribution in [3.05, 3.63) is 12.7 Å². The Balaban J connectivity index is 2.95. The Morgan fingerprint density at radius 2 is 2.10 bits per heavy atom. The Hall–Kier alpha value is -0.340. The van der Waals surface area contributed by atoms with Gasteiger partial charge in [-0.15, -0.1) is 6.58 Å². The highest BCUT2D eigenvalue weighted by atomic mass is 14.7. The minimum atomic E-state index is 0.199. The first-order chi connectivity index (χ1) is 4.81. The third-order valence-electron chi connectivity index (χ3n) is 1.54. The molecule has 0 amide bonds. The highest BCUT2D eigenvalue weighted by Crippen LogP contribution is 2.01. The van der Waals surface area contributed by atoms with E-state index in [9.17, 15) is 0 Å². The van der Waals surface area contributed by atoms with Gasteiger partial charge in [0.1, 0.15) is 0 Å². The molecule has 10 heavy (non-hydrogen) atoms. The molecular weight excluding hydrogens is 124 g/mol. The molecule has 0 spiro atoms. The first-order valence-corrected chi connectivity index (χ1v) is 3.87. The summed E-state index contributed by atoms with van der Waals surface area (Å²) in [6, 6.07) is 0.199. The third-order valence-corrected chi connectivity index (χ3v) is 1.54. The van der Waals surface area contributed by atoms with Crippen LogP contribution in [-0.4, -0.2) is 12.6 Å². The van der Waals surface area contributed by atoms with E-state index in [0.717, 1.165) is 12.8 Å². The van der Waals surface area contributed by atoms with Crippen molar-refractivity contribution in [2.45, 2.75) is 31.7 Å². The topological polar surface area (TPSA) is 52.0 Å². The molecule has 0 saturated carbocycles. The van der Waals surface area contributed by atoms with Gasteiger partial charge in [-0.2, -0.15) is 0 Å². The van der Waals surface area contributed by atoms with Gasteiger partial charge in [0.2, 0.25) is 0 Å². The van der Waals surface area contributed by atoms with Crippen LogP contribution in [0.25, 0.3) is 0 Å². The van der Waals surface area contributed by atoms with E-state index in [4.69, 9.17) is 11.5 Å². The van der Waals surface area contributed by atoms with E-state index < -0.39 is 0 Å². The van der Waals surface area contributed by atoms with Gasteiger partial charge < -0.3 is 11.5 Å². The number of hydrogen-bond acceptors (Lipinski definition) is 2. The zero-order valence-electron chi connectivity index (χ0n) is 6.55. The van der Waals surface area contributed by atoms with Crippen LogP contribution in [0.2, 0.25) is 0 Å². The van der Waals surface area contributed by atoms with Gasteiger partial charge in [0, 0.05) is 12.6 Å². The third kappa shape index (κ3) is 5.79. The molecule has 0 bridgehead atoms. The summed E-state index contributed by atoms with van der Waals surface area (Å²) < 4.78 is 0. The van der Waals surface area contributed by atoms with Crippen molar-refractivity contribution in [1.82, 2.24) is 0 Å². The molecule has 0 aliphatic heterocycles. The molecule has 0 aliphatic carbocycles. The number of hydrogen-bond donors (Lipinski definition) is 2. The molecule has 2 heteroatoms. The number of nitrogens with two attached hydrogens (primary N) is 2. The zero-order chi connectivity index (χ0) is 7.82. The van der Waals surface area contributed by atoms with Crippen molar-refractivity contribution >= 4 is 0 Å². The normalized spacial score (nSPS) is 13.0. The lowest BCUT2D eigenvalue weighted by molar-refractivity contribution is 0.573. The van der Waals surface area contributed by atoms with Crippen molar-refractivity contribution in [2.75, 3.05) is 6.54 Å². The molecule has 0 aromatic heterocycles. The minimum absolute atomic E-state index is 0.199. The fraction of sp³-hybridized carbons (Fsp3) is 0.750. The summed E-state index contributed by atoms with van der Waals surface area (Å²) in [6.45, 7) is 4.25. The van der Waals surface area contributed by atoms with Crippen LogP contribution in [0.15, 0.2) is 12.7 Å². The molecule has 1 atom stereocenters. The second-order valence-electron chi connectivity index (χ2n) is 2.57. The summed E-state index contributed by atoms with van der Waals surface area (Å²) in [5, 5.41) is 0. The fourth-order valence-electron chi connectivity index (χ4n) is 0.813. The van der Waals surface area contributed by atoms with E-state index in [2.05, 4.69) is 6.58 Å². The highest BCUT2D eigenvalue weighted by Gasteiger charge is 1.96. The van der Waals surface area contributed by atoms with Crippen LogP contribution in [0.5, 0.6) is 0 Å². The Kier molecular flexibility index (Phi) is 6.55. The molecule has 0 rings (SSSR count). The summed E-state index contributed by atoms with van der Waals surface area (Å²) >= 11 is 0. The molecule has 4 N–H and O–H groups in total. The fourth-order valence-corrected chi connectivity index (χ4v) is 0.813. The van der Waals surface area contributed by atoms with E-state index in [1.165, 1.54) is 12.8 Å². The largest absolute Gasteiger partial charge is 0.329 e. The minimum Gasteiger partial charge on any atom is -0.329 e. The summed E-state index contributed by atoms with van der Waals surface area (Å²) in [7, 11) is 0. The van der Waals surface area contributed by atoms with Gasteiger partial charge in [-0.25, -0.2) is 0 Å². The average molecular weight is 142 g/mol. The maximum Gasteiger partial charge on any atom is 0.0163 e. The van der Waals surface area contributed by atoms with Crippen molar-refractivity contribution in [1.29, 1.82) is 0 Å². The second kappa shape index (κ2) is 6.78. The molecule has 2 nitrogen and oxygen atoms in total. The van der Waals surface area contributed by atoms with Crippen LogP contribution in [0.4, 0.5) is 0 Å². The Bertz CT molecular complexity index is 81.3. The summed E-state index contributed by atoms with van der Waals surface area (Å²) in [5.74, 6) is 0. The van der Waals surface area contributed by atoms with Gasteiger partial charge in [-0.3, -0.25) is 0 Å². The predicted octanol–water partition coefficient (Wildman–Crippen LogP) is 1.02. The quantitative estimate of drug-likeness (QED) is 0.429. The molecule has 0 saturated heterocycles. The maximum atomic E-state index is 5.60. The van der Waals surface area contributed by atoms with E-state index in [1.807, 2.05) is 6.08 Å². The van der Waals surface area contributed by atoms with Gasteiger partial charge in [0.25, 0.3) is 0 Å². The van der Waals surface area contributed by atoms with Crippen molar-refractivity contribution in [2.24, 2.45) is 11.5 Å². The summed E-state index contributed by atoms with van der Waals surface area (Å²) in [4.78, 5) is 0. The van der Waals surface area contributed by atoms with E-state index in [-0.39, 0.29) is 6.04 Å². The SMILES string of the molecule is C=CCCCCC(N)CN. The second-order valence-corrected chi connectivity index (χ2v) is 2.57. The smallest absolute Gasteiger partial charge is 0.0163 e. The van der Waals surface area contributed by atoms with Gasteiger partial charge >= 0.3 is 0 Å². The van der Waals surface area contributed by atoms with Crippen molar-refractivity contribution < 1.29 is 0 Å². The Morgan fingerprint density at radius 3 is 2.60 bits per heavy atom. The molecule has 0 radical (unpaired) electrons. The predicted molar refractivity (Wildman–Crippen MR) is 45.7 cm³/mol. The molecule has 0 aromatic carbocycles. The van der Waals surface area contributed by atoms with Crippen molar-refractivity contribution in [3.63, 3.8) is 0 Å². The molecule has 0 fully saturated rings. The van der Waals surface area contributed by atoms with Gasteiger partial charge in [-0.05, 0) is 19.3 Å². The number of unbranched alkanes of at least 4 members (excludes halogenated alkanes) is 2. The van der Waals surface area contributed by atoms with Crippen LogP contribution in [0, 0.1) is 0 Å². The first-order valence-electron chi connectivity index (χ1n) is 3.87. The summed E-state index contributed by atoms with van der Waals surface area (Å²) in [6.07, 6.45) is 6.44. The van der Waals surface area contributed by atoms with Crippen LogP contribution in [-0.2, 0) is 0 Å². The van der Waals surface area contributed by atoms with E-state index >= 15 is 0 Å². The highest BCUT2D eigenvalue weighted by molar-refractivity contribution is 4.67. The van der Waals surface area contributed by atoms with Crippen LogP contribution in [0.3, 0.4) is 0 Å². The van der Waals surface area contributed by atoms with Crippen LogP contribution < -0.4 is 11.5 Å². The molecular formula is C8H18N2. The molecule has 1 unspecified atom stereocenters. The van der Waals surface area contributed by atoms with Gasteiger partial charge in [-0.1, -0.05) is 12.5 Å². The lowest BCUT2D eigenvalue weighted by atomic mass is 10.1. The zero-order valence-corrected chi connectivity index (χ0v) is 6.55. The number of allylic oxidation sites excluding steroid dienone is 1. The van der Waals surface area contributed by atoms with E-state index in [0.29, 0.717) is 6.54 Å². The summed E-state index contributed by atoms with van der Waals surface area (Å²) in [5.41, 5.74) is 10.9. The maximum absolute atomic E-state index is 5.60. The van der Waals surface area contributed by atoms with Gasteiger partial charge in [0.05, 0.1) is 0 Å². The Labute approximate surface area is 63.3 Å². The van der Waals surface area contributed by atoms with Crippen LogP contribution in [0.1, 0.15) is 25.7 Å². The standard InChI is InChI=1S/C8H18N2/c1-2-3-4-5-6-8(10)7-9/h2,8H,1,3-7,9-10H2. The molecule has 60 valence electrons. The molecule has 0 aromatic rings. The molecule has 0 aliphatic rings. The average Bonchev–Trinajstić information content (AvgIpc) is 1.98. The van der Waals surface area contributed by atoms with Crippen molar-refractivity contribution in [3.8, 4) is 0 Å². The Morgan fingerprint density at radius 1 is 1.40 bits per heavy atom. The molecule has 0 heterocycles. The lowest BCUT2D eigenvalue weighted by Crippen LogP contribution is -2.29. The monoisotopic (exact) mass is 142 g/mol. The van der Waals surface area contributed by atoms with E-state index in [1.54, 1.807) is 0 Å². The van der Waals surface area contributed by atoms with Crippen LogP contribution >= 0.6 is 0 Å².